The van der Waals surface area contributed by atoms with Gasteiger partial charge in [-0.1, -0.05) is 35.9 Å². The highest BCUT2D eigenvalue weighted by Gasteiger charge is 2.43. The Morgan fingerprint density at radius 2 is 1.82 bits per heavy atom. The lowest BCUT2D eigenvalue weighted by Crippen LogP contribution is -2.42. The van der Waals surface area contributed by atoms with Crippen LogP contribution in [0.3, 0.4) is 0 Å². The molecule has 2 fully saturated rings. The molecule has 0 unspecified atom stereocenters. The van der Waals surface area contributed by atoms with Crippen LogP contribution in [0.4, 0.5) is 0 Å². The van der Waals surface area contributed by atoms with Gasteiger partial charge < -0.3 is 24.6 Å². The van der Waals surface area contributed by atoms with Crippen molar-refractivity contribution in [3.05, 3.63) is 88.6 Å². The Bertz CT molecular complexity index is 1340. The maximum absolute atomic E-state index is 11.2. The first-order chi connectivity index (χ1) is 19.0. The average Bonchev–Trinajstić information content (AvgIpc) is 3.76. The third kappa shape index (κ3) is 5.71. The molecule has 0 bridgehead atoms. The van der Waals surface area contributed by atoms with Gasteiger partial charge in [0.2, 0.25) is 5.88 Å². The van der Waals surface area contributed by atoms with Crippen molar-refractivity contribution in [2.45, 2.75) is 44.1 Å². The van der Waals surface area contributed by atoms with Gasteiger partial charge in [0.05, 0.1) is 18.8 Å². The van der Waals surface area contributed by atoms with Crippen LogP contribution in [0.1, 0.15) is 48.8 Å². The fraction of sp³-hybridized carbons (Fsp3) is 0.406. The first kappa shape index (κ1) is 26.3. The minimum absolute atomic E-state index is 0.0916. The SMILES string of the molecule is OCC1(COc2cccc3c2CC(=CCCN2CCC(O)(c4ccc(Cl)cc4)CC2)c2cccnc2O3)CC1. The number of allylic oxidation sites excluding steroid dienone is 1. The molecule has 1 aliphatic carbocycles. The highest BCUT2D eigenvalue weighted by atomic mass is 35.5. The maximum atomic E-state index is 11.2. The number of piperidine rings is 1. The molecule has 2 aromatic carbocycles. The summed E-state index contributed by atoms with van der Waals surface area (Å²) in [5.74, 6) is 2.19. The topological polar surface area (TPSA) is 75.1 Å². The highest BCUT2D eigenvalue weighted by Crippen LogP contribution is 2.47. The van der Waals surface area contributed by atoms with Crippen LogP contribution >= 0.6 is 11.6 Å². The Hall–Kier alpha value is -2.90. The summed E-state index contributed by atoms with van der Waals surface area (Å²) in [4.78, 5) is 6.95. The van der Waals surface area contributed by atoms with Crippen LogP contribution in [-0.4, -0.2) is 52.9 Å². The monoisotopic (exact) mass is 546 g/mol. The Labute approximate surface area is 234 Å². The zero-order chi connectivity index (χ0) is 26.9. The third-order valence-corrected chi connectivity index (χ3v) is 8.76. The summed E-state index contributed by atoms with van der Waals surface area (Å²) in [7, 11) is 0. The van der Waals surface area contributed by atoms with E-state index in [1.165, 1.54) is 5.57 Å². The standard InChI is InChI=1S/C32H35ClN2O4/c33-25-10-8-24(9-11-25)32(37)14-18-35(19-15-32)17-3-4-23-20-27-28(38-22-31(21-36)12-13-31)6-1-7-29(27)39-30-26(23)5-2-16-34-30/h1-2,4-11,16,36-37H,3,12-15,17-22H2. The molecule has 0 atom stereocenters. The largest absolute Gasteiger partial charge is 0.492 e. The molecule has 204 valence electrons. The molecule has 1 saturated heterocycles. The number of ether oxygens (including phenoxy) is 2. The van der Waals surface area contributed by atoms with Gasteiger partial charge >= 0.3 is 0 Å². The van der Waals surface area contributed by atoms with Crippen LogP contribution in [0.2, 0.25) is 5.02 Å². The van der Waals surface area contributed by atoms with Crippen LogP contribution in [0, 0.1) is 5.41 Å². The Morgan fingerprint density at radius 3 is 2.56 bits per heavy atom. The van der Waals surface area contributed by atoms with Gasteiger partial charge in [-0.25, -0.2) is 4.98 Å². The molecule has 3 aliphatic rings. The highest BCUT2D eigenvalue weighted by molar-refractivity contribution is 6.30. The van der Waals surface area contributed by atoms with Gasteiger partial charge in [0.1, 0.15) is 11.5 Å². The van der Waals surface area contributed by atoms with Gasteiger partial charge in [0.15, 0.2) is 0 Å². The molecule has 3 heterocycles. The number of likely N-dealkylation sites (tertiary alicyclic amines) is 1. The zero-order valence-electron chi connectivity index (χ0n) is 22.1. The molecule has 6 rings (SSSR count). The van der Waals surface area contributed by atoms with Gasteiger partial charge in [-0.05, 0) is 79.6 Å². The molecule has 2 aliphatic heterocycles. The van der Waals surface area contributed by atoms with Gasteiger partial charge in [0.25, 0.3) is 0 Å². The van der Waals surface area contributed by atoms with Crippen molar-refractivity contribution in [1.29, 1.82) is 0 Å². The summed E-state index contributed by atoms with van der Waals surface area (Å²) < 4.78 is 12.5. The second-order valence-corrected chi connectivity index (χ2v) is 11.6. The molecule has 7 heteroatoms. The van der Waals surface area contributed by atoms with Gasteiger partial charge in [-0.2, -0.15) is 0 Å². The predicted molar refractivity (Wildman–Crippen MR) is 152 cm³/mol. The lowest BCUT2D eigenvalue weighted by molar-refractivity contribution is -0.0254. The molecule has 1 saturated carbocycles. The van der Waals surface area contributed by atoms with Crippen LogP contribution in [-0.2, 0) is 12.0 Å². The fourth-order valence-corrected chi connectivity index (χ4v) is 5.74. The summed E-state index contributed by atoms with van der Waals surface area (Å²) >= 11 is 6.04. The number of aromatic nitrogens is 1. The van der Waals surface area contributed by atoms with E-state index in [0.717, 1.165) is 67.1 Å². The maximum Gasteiger partial charge on any atom is 0.226 e. The number of benzene rings is 2. The van der Waals surface area contributed by atoms with E-state index in [2.05, 4.69) is 22.0 Å². The lowest BCUT2D eigenvalue weighted by atomic mass is 9.84. The lowest BCUT2D eigenvalue weighted by Gasteiger charge is -2.38. The van der Waals surface area contributed by atoms with Crippen LogP contribution in [0.5, 0.6) is 17.4 Å². The van der Waals surface area contributed by atoms with Crippen molar-refractivity contribution in [1.82, 2.24) is 9.88 Å². The minimum Gasteiger partial charge on any atom is -0.492 e. The molecule has 2 N–H and O–H groups in total. The number of aliphatic hydroxyl groups excluding tert-OH is 1. The van der Waals surface area contributed by atoms with Gasteiger partial charge in [-0.3, -0.25) is 0 Å². The number of aliphatic hydroxyl groups is 2. The van der Waals surface area contributed by atoms with Gasteiger partial charge in [-0.15, -0.1) is 0 Å². The van der Waals surface area contributed by atoms with Crippen LogP contribution in [0.25, 0.3) is 5.57 Å². The minimum atomic E-state index is -0.794. The number of rotatable bonds is 8. The molecular formula is C32H35ClN2O4. The van der Waals surface area contributed by atoms with E-state index >= 15 is 0 Å². The zero-order valence-corrected chi connectivity index (χ0v) is 22.9. The number of nitrogens with zero attached hydrogens (tertiary/aromatic N) is 2. The Morgan fingerprint density at radius 1 is 1.03 bits per heavy atom. The smallest absolute Gasteiger partial charge is 0.226 e. The van der Waals surface area contributed by atoms with E-state index in [0.29, 0.717) is 36.8 Å². The van der Waals surface area contributed by atoms with Crippen molar-refractivity contribution >= 4 is 17.2 Å². The Balaban J connectivity index is 1.15. The van der Waals surface area contributed by atoms with Crippen molar-refractivity contribution in [3.63, 3.8) is 0 Å². The van der Waals surface area contributed by atoms with Gasteiger partial charge in [0, 0.05) is 53.8 Å². The van der Waals surface area contributed by atoms with E-state index in [9.17, 15) is 10.2 Å². The van der Waals surface area contributed by atoms with E-state index in [4.69, 9.17) is 21.1 Å². The van der Waals surface area contributed by atoms with E-state index < -0.39 is 5.60 Å². The number of pyridine rings is 1. The quantitative estimate of drug-likeness (QED) is 0.361. The first-order valence-electron chi connectivity index (χ1n) is 13.9. The summed E-state index contributed by atoms with van der Waals surface area (Å²) in [6.07, 6.45) is 9.04. The number of fused-ring (bicyclic) bond motifs is 2. The number of hydrogen-bond acceptors (Lipinski definition) is 6. The van der Waals surface area contributed by atoms with E-state index in [1.807, 2.05) is 48.5 Å². The second-order valence-electron chi connectivity index (χ2n) is 11.2. The molecular weight excluding hydrogens is 512 g/mol. The first-order valence-corrected chi connectivity index (χ1v) is 14.2. The third-order valence-electron chi connectivity index (χ3n) is 8.51. The van der Waals surface area contributed by atoms with Crippen LogP contribution < -0.4 is 9.47 Å². The summed E-state index contributed by atoms with van der Waals surface area (Å²) in [6, 6.07) is 17.5. The molecule has 1 aromatic heterocycles. The normalized spacial score (nSPS) is 20.4. The van der Waals surface area contributed by atoms with E-state index in [-0.39, 0.29) is 12.0 Å². The fourth-order valence-electron chi connectivity index (χ4n) is 5.61. The number of halogens is 1. The van der Waals surface area contributed by atoms with E-state index in [1.54, 1.807) is 6.20 Å². The predicted octanol–water partition coefficient (Wildman–Crippen LogP) is 5.99. The number of hydrogen-bond donors (Lipinski definition) is 2. The average molecular weight is 547 g/mol. The summed E-state index contributed by atoms with van der Waals surface area (Å²) in [5.41, 5.74) is 3.25. The van der Waals surface area contributed by atoms with Crippen molar-refractivity contribution in [2.75, 3.05) is 32.8 Å². The van der Waals surface area contributed by atoms with Crippen molar-refractivity contribution in [2.24, 2.45) is 5.41 Å². The Kier molecular flexibility index (Phi) is 7.38. The summed E-state index contributed by atoms with van der Waals surface area (Å²) in [5, 5.41) is 21.6. The molecule has 3 aromatic rings. The van der Waals surface area contributed by atoms with Crippen LogP contribution in [0.15, 0.2) is 66.9 Å². The second kappa shape index (κ2) is 10.9. The summed E-state index contributed by atoms with van der Waals surface area (Å²) in [6.45, 7) is 3.28. The molecule has 39 heavy (non-hydrogen) atoms. The molecule has 0 spiro atoms. The van der Waals surface area contributed by atoms with Crippen molar-refractivity contribution in [3.8, 4) is 17.4 Å². The molecule has 0 radical (unpaired) electrons. The molecule has 6 nitrogen and oxygen atoms in total. The molecule has 0 amide bonds. The van der Waals surface area contributed by atoms with Crippen molar-refractivity contribution < 1.29 is 19.7 Å².